The molecule has 7 nitrogen and oxygen atoms in total. The van der Waals surface area contributed by atoms with Gasteiger partial charge in [-0.2, -0.15) is 0 Å². The van der Waals surface area contributed by atoms with Gasteiger partial charge in [-0.25, -0.2) is 0 Å². The van der Waals surface area contributed by atoms with Crippen molar-refractivity contribution in [2.45, 2.75) is 18.9 Å². The molecule has 1 aliphatic heterocycles. The van der Waals surface area contributed by atoms with E-state index in [4.69, 9.17) is 4.74 Å². The lowest BCUT2D eigenvalue weighted by atomic mass is 10.1. The minimum Gasteiger partial charge on any atom is -0.490 e. The SMILES string of the molecule is C=CCOc1ccc2c(c1)C(=O)N(C(CCC=O)C(=O)NC)C2=O. The molecule has 0 bridgehead atoms. The van der Waals surface area contributed by atoms with Crippen LogP contribution in [0.4, 0.5) is 0 Å². The predicted molar refractivity (Wildman–Crippen MR) is 85.8 cm³/mol. The molecule has 1 N–H and O–H groups in total. The summed E-state index contributed by atoms with van der Waals surface area (Å²) >= 11 is 0. The zero-order chi connectivity index (χ0) is 17.7. The number of nitrogens with zero attached hydrogens (tertiary/aromatic N) is 1. The Bertz CT molecular complexity index is 698. The minimum atomic E-state index is -1.02. The van der Waals surface area contributed by atoms with Crippen LogP contribution in [-0.4, -0.2) is 48.6 Å². The van der Waals surface area contributed by atoms with Gasteiger partial charge in [0, 0.05) is 13.5 Å². The second-order valence-electron chi connectivity index (χ2n) is 5.16. The molecule has 1 aromatic rings. The van der Waals surface area contributed by atoms with Crippen LogP contribution in [0, 0.1) is 0 Å². The number of hydrogen-bond donors (Lipinski definition) is 1. The summed E-state index contributed by atoms with van der Waals surface area (Å²) in [6.45, 7) is 3.81. The largest absolute Gasteiger partial charge is 0.490 e. The Morgan fingerprint density at radius 2 is 2.04 bits per heavy atom. The van der Waals surface area contributed by atoms with Crippen LogP contribution in [0.5, 0.6) is 5.75 Å². The molecule has 0 radical (unpaired) electrons. The summed E-state index contributed by atoms with van der Waals surface area (Å²) in [4.78, 5) is 48.7. The van der Waals surface area contributed by atoms with E-state index in [9.17, 15) is 19.2 Å². The van der Waals surface area contributed by atoms with E-state index in [2.05, 4.69) is 11.9 Å². The monoisotopic (exact) mass is 330 g/mol. The number of rotatable bonds is 8. The number of benzene rings is 1. The fourth-order valence-corrected chi connectivity index (χ4v) is 2.54. The van der Waals surface area contributed by atoms with Crippen molar-refractivity contribution < 1.29 is 23.9 Å². The Morgan fingerprint density at radius 3 is 2.67 bits per heavy atom. The smallest absolute Gasteiger partial charge is 0.262 e. The molecule has 0 aliphatic carbocycles. The normalized spacial score (nSPS) is 14.1. The van der Waals surface area contributed by atoms with Gasteiger partial charge in [0.15, 0.2) is 0 Å². The fourth-order valence-electron chi connectivity index (χ4n) is 2.54. The molecule has 0 saturated heterocycles. The number of nitrogens with one attached hydrogen (secondary N) is 1. The van der Waals surface area contributed by atoms with Gasteiger partial charge in [0.2, 0.25) is 5.91 Å². The zero-order valence-electron chi connectivity index (χ0n) is 13.3. The number of hydrogen-bond acceptors (Lipinski definition) is 5. The van der Waals surface area contributed by atoms with Crippen molar-refractivity contribution in [1.29, 1.82) is 0 Å². The van der Waals surface area contributed by atoms with E-state index in [0.29, 0.717) is 12.0 Å². The fraction of sp³-hybridized carbons (Fsp3) is 0.294. The quantitative estimate of drug-likeness (QED) is 0.435. The van der Waals surface area contributed by atoms with Crippen molar-refractivity contribution in [2.75, 3.05) is 13.7 Å². The molecule has 0 fully saturated rings. The van der Waals surface area contributed by atoms with E-state index in [1.807, 2.05) is 0 Å². The molecular weight excluding hydrogens is 312 g/mol. The number of carbonyl (C=O) groups excluding carboxylic acids is 4. The van der Waals surface area contributed by atoms with Gasteiger partial charge in [0.1, 0.15) is 24.7 Å². The van der Waals surface area contributed by atoms with Crippen molar-refractivity contribution in [1.82, 2.24) is 10.2 Å². The summed E-state index contributed by atoms with van der Waals surface area (Å²) in [6, 6.07) is 3.52. The number of ether oxygens (including phenoxy) is 1. The maximum atomic E-state index is 12.6. The Balaban J connectivity index is 2.34. The molecule has 1 unspecified atom stereocenters. The van der Waals surface area contributed by atoms with Gasteiger partial charge >= 0.3 is 0 Å². The van der Waals surface area contributed by atoms with E-state index in [0.717, 1.165) is 4.90 Å². The van der Waals surface area contributed by atoms with Gasteiger partial charge in [0.05, 0.1) is 11.1 Å². The highest BCUT2D eigenvalue weighted by molar-refractivity contribution is 6.23. The molecule has 0 saturated carbocycles. The van der Waals surface area contributed by atoms with Gasteiger partial charge in [-0.05, 0) is 24.6 Å². The summed E-state index contributed by atoms with van der Waals surface area (Å²) in [7, 11) is 1.41. The molecule has 1 aliphatic rings. The lowest BCUT2D eigenvalue weighted by molar-refractivity contribution is -0.124. The Kier molecular flexibility index (Phi) is 5.47. The summed E-state index contributed by atoms with van der Waals surface area (Å²) in [5.74, 6) is -1.18. The third kappa shape index (κ3) is 3.19. The summed E-state index contributed by atoms with van der Waals surface area (Å²) in [5.41, 5.74) is 0.396. The van der Waals surface area contributed by atoms with Crippen LogP contribution in [0.25, 0.3) is 0 Å². The van der Waals surface area contributed by atoms with Crippen molar-refractivity contribution in [3.05, 3.63) is 42.0 Å². The molecular formula is C17H18N2O5. The number of fused-ring (bicyclic) bond motifs is 1. The first-order valence-corrected chi connectivity index (χ1v) is 7.46. The molecule has 24 heavy (non-hydrogen) atoms. The molecule has 1 aromatic carbocycles. The van der Waals surface area contributed by atoms with Crippen LogP contribution in [0.1, 0.15) is 33.6 Å². The van der Waals surface area contributed by atoms with Crippen LogP contribution >= 0.6 is 0 Å². The van der Waals surface area contributed by atoms with Crippen molar-refractivity contribution in [2.24, 2.45) is 0 Å². The highest BCUT2D eigenvalue weighted by Crippen LogP contribution is 2.29. The first-order chi connectivity index (χ1) is 11.5. The van der Waals surface area contributed by atoms with Gasteiger partial charge in [-0.3, -0.25) is 19.3 Å². The highest BCUT2D eigenvalue weighted by atomic mass is 16.5. The Hall–Kier alpha value is -2.96. The third-order valence-corrected chi connectivity index (χ3v) is 3.68. The zero-order valence-corrected chi connectivity index (χ0v) is 13.3. The van der Waals surface area contributed by atoms with Crippen molar-refractivity contribution in [3.8, 4) is 5.75 Å². The number of carbonyl (C=O) groups is 4. The highest BCUT2D eigenvalue weighted by Gasteiger charge is 2.42. The van der Waals surface area contributed by atoms with Crippen LogP contribution in [0.3, 0.4) is 0 Å². The van der Waals surface area contributed by atoms with Crippen molar-refractivity contribution in [3.63, 3.8) is 0 Å². The van der Waals surface area contributed by atoms with E-state index >= 15 is 0 Å². The maximum Gasteiger partial charge on any atom is 0.262 e. The molecule has 0 aromatic heterocycles. The number of likely N-dealkylation sites (N-methyl/N-ethyl adjacent to an activating group) is 1. The molecule has 0 spiro atoms. The number of amides is 3. The second kappa shape index (κ2) is 7.54. The van der Waals surface area contributed by atoms with E-state index in [-0.39, 0.29) is 30.6 Å². The van der Waals surface area contributed by atoms with Crippen LogP contribution in [0.15, 0.2) is 30.9 Å². The molecule has 1 heterocycles. The molecule has 126 valence electrons. The van der Waals surface area contributed by atoms with Crippen molar-refractivity contribution >= 4 is 24.0 Å². The van der Waals surface area contributed by atoms with E-state index in [1.165, 1.54) is 19.2 Å². The number of imide groups is 1. The standard InChI is InChI=1S/C17H18N2O5/c1-3-9-24-11-6-7-12-13(10-11)17(23)19(16(12)22)14(5-4-8-20)15(21)18-2/h3,6-8,10,14H,1,4-5,9H2,2H3,(H,18,21). The summed E-state index contributed by atoms with van der Waals surface area (Å²) in [5, 5.41) is 2.42. The third-order valence-electron chi connectivity index (χ3n) is 3.68. The molecule has 2 rings (SSSR count). The average Bonchev–Trinajstić information content (AvgIpc) is 2.84. The lowest BCUT2D eigenvalue weighted by Crippen LogP contribution is -2.48. The Morgan fingerprint density at radius 1 is 1.33 bits per heavy atom. The van der Waals surface area contributed by atoms with E-state index in [1.54, 1.807) is 12.1 Å². The summed E-state index contributed by atoms with van der Waals surface area (Å²) in [6.07, 6.45) is 2.36. The predicted octanol–water partition coefficient (Wildman–Crippen LogP) is 0.941. The van der Waals surface area contributed by atoms with Gasteiger partial charge < -0.3 is 14.8 Å². The molecule has 3 amide bonds. The lowest BCUT2D eigenvalue weighted by Gasteiger charge is -2.24. The van der Waals surface area contributed by atoms with Gasteiger partial charge in [-0.1, -0.05) is 12.7 Å². The van der Waals surface area contributed by atoms with Crippen LogP contribution in [-0.2, 0) is 9.59 Å². The first-order valence-electron chi connectivity index (χ1n) is 7.46. The minimum absolute atomic E-state index is 0.0686. The Labute approximate surface area is 139 Å². The van der Waals surface area contributed by atoms with Gasteiger partial charge in [-0.15, -0.1) is 0 Å². The van der Waals surface area contributed by atoms with Gasteiger partial charge in [0.25, 0.3) is 11.8 Å². The maximum absolute atomic E-state index is 12.6. The first kappa shape index (κ1) is 17.4. The van der Waals surface area contributed by atoms with Crippen LogP contribution < -0.4 is 10.1 Å². The van der Waals surface area contributed by atoms with E-state index < -0.39 is 23.8 Å². The molecule has 1 atom stereocenters. The number of aldehydes is 1. The van der Waals surface area contributed by atoms with Crippen LogP contribution in [0.2, 0.25) is 0 Å². The second-order valence-corrected chi connectivity index (χ2v) is 5.16. The average molecular weight is 330 g/mol. The summed E-state index contributed by atoms with van der Waals surface area (Å²) < 4.78 is 5.37. The molecule has 7 heteroatoms. The topological polar surface area (TPSA) is 92.8 Å².